The number of non-ortho nitro benzene ring substituents is 1. The molecule has 0 unspecified atom stereocenters. The van der Waals surface area contributed by atoms with Crippen molar-refractivity contribution in [1.82, 2.24) is 9.80 Å². The van der Waals surface area contributed by atoms with E-state index in [1.165, 1.54) is 18.2 Å². The number of aromatic hydroxyl groups is 1. The van der Waals surface area contributed by atoms with Crippen LogP contribution in [0.5, 0.6) is 5.75 Å². The first kappa shape index (κ1) is 20.6. The van der Waals surface area contributed by atoms with Crippen molar-refractivity contribution in [2.75, 3.05) is 45.9 Å². The highest BCUT2D eigenvalue weighted by Crippen LogP contribution is 2.24. The van der Waals surface area contributed by atoms with Gasteiger partial charge in [0, 0.05) is 76.6 Å². The number of hydrogen-bond donors (Lipinski definition) is 1. The Morgan fingerprint density at radius 3 is 2.35 bits per heavy atom. The molecule has 1 N–H and O–H groups in total. The van der Waals surface area contributed by atoms with Crippen LogP contribution in [0.15, 0.2) is 18.2 Å². The number of rotatable bonds is 10. The molecule has 8 nitrogen and oxygen atoms in total. The van der Waals surface area contributed by atoms with E-state index in [9.17, 15) is 15.2 Å². The molecule has 0 aliphatic carbocycles. The molecule has 0 saturated carbocycles. The lowest BCUT2D eigenvalue weighted by Gasteiger charge is -2.35. The number of nitrogens with zero attached hydrogens (tertiary/aromatic N) is 3. The molecule has 1 aliphatic rings. The van der Waals surface area contributed by atoms with Crippen molar-refractivity contribution < 1.29 is 19.5 Å². The van der Waals surface area contributed by atoms with Gasteiger partial charge in [-0.05, 0) is 19.9 Å². The number of hydrogen-bond acceptors (Lipinski definition) is 7. The van der Waals surface area contributed by atoms with Gasteiger partial charge in [0.15, 0.2) is 6.29 Å². The van der Waals surface area contributed by atoms with Gasteiger partial charge in [0.2, 0.25) is 0 Å². The predicted molar refractivity (Wildman–Crippen MR) is 98.1 cm³/mol. The molecule has 1 aromatic rings. The highest BCUT2D eigenvalue weighted by Gasteiger charge is 2.20. The molecule has 0 radical (unpaired) electrons. The van der Waals surface area contributed by atoms with Crippen LogP contribution >= 0.6 is 0 Å². The summed E-state index contributed by atoms with van der Waals surface area (Å²) < 4.78 is 11.2. The maximum absolute atomic E-state index is 10.9. The van der Waals surface area contributed by atoms with Crippen molar-refractivity contribution in [2.24, 2.45) is 0 Å². The van der Waals surface area contributed by atoms with Gasteiger partial charge in [0.25, 0.3) is 5.69 Å². The minimum Gasteiger partial charge on any atom is -0.508 e. The van der Waals surface area contributed by atoms with Gasteiger partial charge in [0.05, 0.1) is 4.92 Å². The second-order valence-electron chi connectivity index (χ2n) is 6.32. The predicted octanol–water partition coefficient (Wildman–Crippen LogP) is 2.21. The summed E-state index contributed by atoms with van der Waals surface area (Å²) >= 11 is 0. The van der Waals surface area contributed by atoms with Gasteiger partial charge in [-0.2, -0.15) is 0 Å². The zero-order valence-corrected chi connectivity index (χ0v) is 15.6. The Bertz CT molecular complexity index is 570. The lowest BCUT2D eigenvalue weighted by Crippen LogP contribution is -2.46. The summed E-state index contributed by atoms with van der Waals surface area (Å²) in [6, 6.07) is 4.17. The quantitative estimate of drug-likeness (QED) is 0.385. The molecule has 1 heterocycles. The van der Waals surface area contributed by atoms with Crippen LogP contribution in [-0.4, -0.2) is 72.1 Å². The van der Waals surface area contributed by atoms with E-state index in [0.717, 1.165) is 39.1 Å². The molecule has 26 heavy (non-hydrogen) atoms. The fraction of sp³-hybridized carbons (Fsp3) is 0.667. The lowest BCUT2D eigenvalue weighted by atomic mass is 10.1. The first-order valence-electron chi connectivity index (χ1n) is 9.17. The first-order valence-corrected chi connectivity index (χ1v) is 9.17. The van der Waals surface area contributed by atoms with E-state index in [0.29, 0.717) is 25.3 Å². The Kier molecular flexibility index (Phi) is 8.24. The smallest absolute Gasteiger partial charge is 0.270 e. The second-order valence-corrected chi connectivity index (χ2v) is 6.32. The molecule has 1 aromatic carbocycles. The van der Waals surface area contributed by atoms with E-state index >= 15 is 0 Å². The molecule has 146 valence electrons. The third-order valence-corrected chi connectivity index (χ3v) is 4.52. The van der Waals surface area contributed by atoms with Gasteiger partial charge in [-0.3, -0.25) is 15.0 Å². The summed E-state index contributed by atoms with van der Waals surface area (Å²) in [7, 11) is 0. The van der Waals surface area contributed by atoms with Crippen molar-refractivity contribution in [2.45, 2.75) is 33.1 Å². The summed E-state index contributed by atoms with van der Waals surface area (Å²) in [6.07, 6.45) is 0.692. The van der Waals surface area contributed by atoms with Crippen LogP contribution in [0.1, 0.15) is 25.8 Å². The molecule has 0 bridgehead atoms. The lowest BCUT2D eigenvalue weighted by molar-refractivity contribution is -0.385. The largest absolute Gasteiger partial charge is 0.508 e. The van der Waals surface area contributed by atoms with Crippen molar-refractivity contribution in [3.05, 3.63) is 33.9 Å². The van der Waals surface area contributed by atoms with Gasteiger partial charge in [0.1, 0.15) is 5.75 Å². The fourth-order valence-corrected chi connectivity index (χ4v) is 3.10. The fourth-order valence-electron chi connectivity index (χ4n) is 3.10. The van der Waals surface area contributed by atoms with E-state index in [4.69, 9.17) is 9.47 Å². The number of phenols is 1. The summed E-state index contributed by atoms with van der Waals surface area (Å²) in [6.45, 7) is 10.2. The number of ether oxygens (including phenoxy) is 2. The molecule has 1 fully saturated rings. The molecular weight excluding hydrogens is 338 g/mol. The number of nitro benzene ring substituents is 1. The van der Waals surface area contributed by atoms with Crippen LogP contribution in [0.4, 0.5) is 5.69 Å². The van der Waals surface area contributed by atoms with Gasteiger partial charge >= 0.3 is 0 Å². The molecule has 0 amide bonds. The van der Waals surface area contributed by atoms with Gasteiger partial charge in [-0.25, -0.2) is 0 Å². The van der Waals surface area contributed by atoms with Crippen molar-refractivity contribution in [1.29, 1.82) is 0 Å². The van der Waals surface area contributed by atoms with Crippen LogP contribution in [0.25, 0.3) is 0 Å². The Hall–Kier alpha value is -1.74. The zero-order chi connectivity index (χ0) is 18.9. The van der Waals surface area contributed by atoms with E-state index < -0.39 is 4.92 Å². The minimum absolute atomic E-state index is 0.00864. The standard InChI is InChI=1S/C18H29N3O5/c1-3-25-18(26-4-2)7-8-19-9-11-20(12-10-19)14-15-13-16(21(23)24)5-6-17(15)22/h5-6,13,18,22H,3-4,7-12,14H2,1-2H3. The second kappa shape index (κ2) is 10.4. The Morgan fingerprint density at radius 1 is 1.15 bits per heavy atom. The van der Waals surface area contributed by atoms with E-state index in [1.54, 1.807) is 0 Å². The van der Waals surface area contributed by atoms with Crippen LogP contribution in [0.2, 0.25) is 0 Å². The minimum atomic E-state index is -0.436. The van der Waals surface area contributed by atoms with Gasteiger partial charge < -0.3 is 19.5 Å². The third kappa shape index (κ3) is 6.21. The molecule has 1 saturated heterocycles. The topological polar surface area (TPSA) is 88.3 Å². The number of phenolic OH excluding ortho intramolecular Hbond substituents is 1. The molecule has 2 rings (SSSR count). The molecule has 0 spiro atoms. The normalized spacial score (nSPS) is 16.3. The van der Waals surface area contributed by atoms with Crippen molar-refractivity contribution in [3.63, 3.8) is 0 Å². The highest BCUT2D eigenvalue weighted by atomic mass is 16.7. The molecule has 1 aliphatic heterocycles. The maximum Gasteiger partial charge on any atom is 0.270 e. The average Bonchev–Trinajstić information content (AvgIpc) is 2.63. The average molecular weight is 367 g/mol. The van der Waals surface area contributed by atoms with Crippen molar-refractivity contribution in [3.8, 4) is 5.75 Å². The molecular formula is C18H29N3O5. The van der Waals surface area contributed by atoms with Gasteiger partial charge in [-0.1, -0.05) is 0 Å². The van der Waals surface area contributed by atoms with Crippen molar-refractivity contribution >= 4 is 5.69 Å². The van der Waals surface area contributed by atoms with Crippen LogP contribution < -0.4 is 0 Å². The third-order valence-electron chi connectivity index (χ3n) is 4.52. The summed E-state index contributed by atoms with van der Waals surface area (Å²) in [4.78, 5) is 15.0. The molecule has 0 aromatic heterocycles. The highest BCUT2D eigenvalue weighted by molar-refractivity contribution is 5.42. The van der Waals surface area contributed by atoms with Crippen LogP contribution in [-0.2, 0) is 16.0 Å². The Balaban J connectivity index is 1.80. The number of benzene rings is 1. The van der Waals surface area contributed by atoms with E-state index in [-0.39, 0.29) is 17.7 Å². The van der Waals surface area contributed by atoms with E-state index in [1.807, 2.05) is 13.8 Å². The van der Waals surface area contributed by atoms with E-state index in [2.05, 4.69) is 9.80 Å². The molecule has 8 heteroatoms. The summed E-state index contributed by atoms with van der Waals surface area (Å²) in [5, 5.41) is 20.9. The number of nitro groups is 1. The Morgan fingerprint density at radius 2 is 1.77 bits per heavy atom. The zero-order valence-electron chi connectivity index (χ0n) is 15.6. The van der Waals surface area contributed by atoms with Crippen LogP contribution in [0, 0.1) is 10.1 Å². The monoisotopic (exact) mass is 367 g/mol. The SMILES string of the molecule is CCOC(CCN1CCN(Cc2cc([N+](=O)[O-])ccc2O)CC1)OCC. The number of piperazine rings is 1. The summed E-state index contributed by atoms with van der Waals surface area (Å²) in [5.74, 6) is 0.106. The Labute approximate surface area is 154 Å². The maximum atomic E-state index is 10.9. The first-order chi connectivity index (χ1) is 12.5. The van der Waals surface area contributed by atoms with Crippen LogP contribution in [0.3, 0.4) is 0 Å². The van der Waals surface area contributed by atoms with Gasteiger partial charge in [-0.15, -0.1) is 0 Å². The molecule has 0 atom stereocenters. The summed E-state index contributed by atoms with van der Waals surface area (Å²) in [5.41, 5.74) is 0.606.